The fourth-order valence-corrected chi connectivity index (χ4v) is 3.02. The molecule has 0 aliphatic heterocycles. The maximum absolute atomic E-state index is 12.3. The first-order valence-corrected chi connectivity index (χ1v) is 7.89. The maximum atomic E-state index is 12.3. The van der Waals surface area contributed by atoms with Crippen LogP contribution in [0.15, 0.2) is 42.5 Å². The summed E-state index contributed by atoms with van der Waals surface area (Å²) in [6, 6.07) is 13.6. The van der Waals surface area contributed by atoms with Crippen LogP contribution in [-0.2, 0) is 30.8 Å². The van der Waals surface area contributed by atoms with Crippen molar-refractivity contribution in [3.05, 3.63) is 64.7 Å². The third-order valence-corrected chi connectivity index (χ3v) is 4.30. The minimum atomic E-state index is -0.415. The molecule has 0 aromatic heterocycles. The first-order valence-electron chi connectivity index (χ1n) is 7.89. The van der Waals surface area contributed by atoms with Gasteiger partial charge in [-0.1, -0.05) is 36.4 Å². The van der Waals surface area contributed by atoms with Gasteiger partial charge < -0.3 is 9.84 Å². The van der Waals surface area contributed by atoms with Gasteiger partial charge in [0.1, 0.15) is 6.61 Å². The topological polar surface area (TPSA) is 49.8 Å². The lowest BCUT2D eigenvalue weighted by molar-refractivity contribution is 0.148. The number of carbonyl (C=O) groups excluding carboxylic acids is 1. The zero-order valence-electron chi connectivity index (χ0n) is 13.3. The normalized spacial score (nSPS) is 12.8. The summed E-state index contributed by atoms with van der Waals surface area (Å²) in [6.07, 6.45) is 2.79. The summed E-state index contributed by atoms with van der Waals surface area (Å²) >= 11 is 0. The lowest BCUT2D eigenvalue weighted by Gasteiger charge is -2.21. The van der Waals surface area contributed by atoms with Crippen LogP contribution in [0.2, 0.25) is 0 Å². The van der Waals surface area contributed by atoms with Gasteiger partial charge in [0.25, 0.3) is 0 Å². The quantitative estimate of drug-likeness (QED) is 0.941. The molecule has 0 saturated heterocycles. The predicted octanol–water partition coefficient (Wildman–Crippen LogP) is 3.44. The lowest BCUT2D eigenvalue weighted by Crippen LogP contribution is -2.28. The zero-order chi connectivity index (χ0) is 16.2. The summed E-state index contributed by atoms with van der Waals surface area (Å²) in [5.41, 5.74) is 4.99. The Hall–Kier alpha value is -2.33. The molecule has 2 aromatic rings. The van der Waals surface area contributed by atoms with E-state index in [0.29, 0.717) is 0 Å². The number of aryl methyl sites for hydroxylation is 2. The van der Waals surface area contributed by atoms with Crippen molar-refractivity contribution < 1.29 is 14.6 Å². The zero-order valence-corrected chi connectivity index (χ0v) is 13.3. The molecule has 0 unspecified atom stereocenters. The maximum Gasteiger partial charge on any atom is 0.414 e. The highest BCUT2D eigenvalue weighted by molar-refractivity contribution is 5.88. The Morgan fingerprint density at radius 1 is 1.17 bits per heavy atom. The van der Waals surface area contributed by atoms with Crippen LogP contribution in [0.25, 0.3) is 0 Å². The van der Waals surface area contributed by atoms with Crippen molar-refractivity contribution >= 4 is 11.8 Å². The number of hydrogen-bond acceptors (Lipinski definition) is 3. The molecule has 2 aromatic carbocycles. The SMILES string of the molecule is CN(C(=O)OCc1ccccc1)c1cc2c(cc1CO)CCC2. The molecule has 120 valence electrons. The van der Waals surface area contributed by atoms with E-state index in [1.54, 1.807) is 7.05 Å². The molecule has 4 heteroatoms. The van der Waals surface area contributed by atoms with Crippen LogP contribution in [-0.4, -0.2) is 18.2 Å². The molecular formula is C19H21NO3. The van der Waals surface area contributed by atoms with E-state index in [2.05, 4.69) is 0 Å². The van der Waals surface area contributed by atoms with Gasteiger partial charge in [0, 0.05) is 12.6 Å². The Bertz CT molecular complexity index is 697. The van der Waals surface area contributed by atoms with Crippen molar-refractivity contribution in [1.29, 1.82) is 0 Å². The molecule has 0 heterocycles. The molecule has 0 radical (unpaired) electrons. The number of benzene rings is 2. The molecule has 0 atom stereocenters. The van der Waals surface area contributed by atoms with Crippen LogP contribution < -0.4 is 4.90 Å². The number of ether oxygens (including phenoxy) is 1. The number of fused-ring (bicyclic) bond motifs is 1. The molecule has 3 rings (SSSR count). The standard InChI is InChI=1S/C19H21NO3/c1-20(19(22)23-13-14-6-3-2-4-7-14)18-11-16-9-5-8-15(16)10-17(18)12-21/h2-4,6-7,10-11,21H,5,8-9,12-13H2,1H3. The largest absolute Gasteiger partial charge is 0.444 e. The van der Waals surface area contributed by atoms with Crippen LogP contribution in [0.3, 0.4) is 0 Å². The van der Waals surface area contributed by atoms with Gasteiger partial charge in [-0.15, -0.1) is 0 Å². The van der Waals surface area contributed by atoms with Crippen molar-refractivity contribution in [2.45, 2.75) is 32.5 Å². The average Bonchev–Trinajstić information content (AvgIpc) is 3.06. The van der Waals surface area contributed by atoms with Crippen LogP contribution in [0.5, 0.6) is 0 Å². The summed E-state index contributed by atoms with van der Waals surface area (Å²) < 4.78 is 5.37. The minimum absolute atomic E-state index is 0.0844. The summed E-state index contributed by atoms with van der Waals surface area (Å²) in [5.74, 6) is 0. The second kappa shape index (κ2) is 6.84. The fourth-order valence-electron chi connectivity index (χ4n) is 3.02. The summed E-state index contributed by atoms with van der Waals surface area (Å²) in [7, 11) is 1.68. The molecular weight excluding hydrogens is 290 g/mol. The third kappa shape index (κ3) is 3.37. The Labute approximate surface area is 136 Å². The number of aliphatic hydroxyl groups excluding tert-OH is 1. The fraction of sp³-hybridized carbons (Fsp3) is 0.316. The van der Waals surface area contributed by atoms with Crippen molar-refractivity contribution in [1.82, 2.24) is 0 Å². The van der Waals surface area contributed by atoms with Gasteiger partial charge in [-0.3, -0.25) is 4.90 Å². The summed E-state index contributed by atoms with van der Waals surface area (Å²) in [6.45, 7) is 0.155. The first kappa shape index (κ1) is 15.6. The van der Waals surface area contributed by atoms with Gasteiger partial charge >= 0.3 is 6.09 Å². The third-order valence-electron chi connectivity index (χ3n) is 4.30. The van der Waals surface area contributed by atoms with Gasteiger partial charge in [0.05, 0.1) is 12.3 Å². The van der Waals surface area contributed by atoms with Gasteiger partial charge in [-0.2, -0.15) is 0 Å². The first-order chi connectivity index (χ1) is 11.2. The van der Waals surface area contributed by atoms with Crippen molar-refractivity contribution in [3.8, 4) is 0 Å². The number of anilines is 1. The smallest absolute Gasteiger partial charge is 0.414 e. The molecule has 1 aliphatic carbocycles. The molecule has 0 fully saturated rings. The van der Waals surface area contributed by atoms with E-state index in [-0.39, 0.29) is 13.2 Å². The van der Waals surface area contributed by atoms with Gasteiger partial charge in [-0.05, 0) is 42.0 Å². The number of aliphatic hydroxyl groups is 1. The van der Waals surface area contributed by atoms with Crippen molar-refractivity contribution in [2.75, 3.05) is 11.9 Å². The molecule has 1 aliphatic rings. The number of nitrogens with zero attached hydrogens (tertiary/aromatic N) is 1. The highest BCUT2D eigenvalue weighted by atomic mass is 16.6. The molecule has 4 nitrogen and oxygen atoms in total. The van der Waals surface area contributed by atoms with E-state index < -0.39 is 6.09 Å². The Kier molecular flexibility index (Phi) is 4.63. The Morgan fingerprint density at radius 3 is 2.57 bits per heavy atom. The Balaban J connectivity index is 1.74. The van der Waals surface area contributed by atoms with E-state index in [0.717, 1.165) is 36.1 Å². The number of amides is 1. The second-order valence-electron chi connectivity index (χ2n) is 5.86. The van der Waals surface area contributed by atoms with Gasteiger partial charge in [-0.25, -0.2) is 4.79 Å². The second-order valence-corrected chi connectivity index (χ2v) is 5.86. The Morgan fingerprint density at radius 2 is 1.87 bits per heavy atom. The van der Waals surface area contributed by atoms with E-state index in [4.69, 9.17) is 4.74 Å². The lowest BCUT2D eigenvalue weighted by atomic mass is 10.0. The van der Waals surface area contributed by atoms with E-state index in [9.17, 15) is 9.90 Å². The molecule has 23 heavy (non-hydrogen) atoms. The van der Waals surface area contributed by atoms with Crippen LogP contribution >= 0.6 is 0 Å². The van der Waals surface area contributed by atoms with Crippen molar-refractivity contribution in [2.24, 2.45) is 0 Å². The molecule has 1 N–H and O–H groups in total. The molecule has 0 bridgehead atoms. The van der Waals surface area contributed by atoms with Crippen molar-refractivity contribution in [3.63, 3.8) is 0 Å². The summed E-state index contributed by atoms with van der Waals surface area (Å²) in [4.78, 5) is 13.8. The van der Waals surface area contributed by atoms with Gasteiger partial charge in [0.15, 0.2) is 0 Å². The number of carbonyl (C=O) groups is 1. The summed E-state index contributed by atoms with van der Waals surface area (Å²) in [5, 5.41) is 9.61. The highest BCUT2D eigenvalue weighted by Gasteiger charge is 2.20. The molecule has 0 saturated carbocycles. The van der Waals surface area contributed by atoms with E-state index >= 15 is 0 Å². The van der Waals surface area contributed by atoms with E-state index in [1.807, 2.05) is 42.5 Å². The van der Waals surface area contributed by atoms with Crippen LogP contribution in [0.4, 0.5) is 10.5 Å². The number of hydrogen-bond donors (Lipinski definition) is 1. The number of rotatable bonds is 4. The highest BCUT2D eigenvalue weighted by Crippen LogP contribution is 2.30. The van der Waals surface area contributed by atoms with Crippen LogP contribution in [0, 0.1) is 0 Å². The predicted molar refractivity (Wildman–Crippen MR) is 89.4 cm³/mol. The average molecular weight is 311 g/mol. The molecule has 1 amide bonds. The monoisotopic (exact) mass is 311 g/mol. The van der Waals surface area contributed by atoms with E-state index in [1.165, 1.54) is 16.0 Å². The molecule has 0 spiro atoms. The minimum Gasteiger partial charge on any atom is -0.444 e. The van der Waals surface area contributed by atoms with Gasteiger partial charge in [0.2, 0.25) is 0 Å². The van der Waals surface area contributed by atoms with Crippen LogP contribution in [0.1, 0.15) is 28.7 Å².